The molecular formula is C16H18O5. The van der Waals surface area contributed by atoms with Crippen molar-refractivity contribution in [1.29, 1.82) is 0 Å². The first-order valence-corrected chi connectivity index (χ1v) is 7.18. The van der Waals surface area contributed by atoms with E-state index in [4.69, 9.17) is 14.2 Å². The van der Waals surface area contributed by atoms with Crippen LogP contribution in [-0.2, 0) is 19.0 Å². The summed E-state index contributed by atoms with van der Waals surface area (Å²) in [7, 11) is 1.35. The SMILES string of the molecule is COC(=O)[C@H]1C2CCC(C[C@H]1OC(=O)c1ccccc1)O2. The van der Waals surface area contributed by atoms with Crippen LogP contribution in [0.3, 0.4) is 0 Å². The molecule has 2 aliphatic heterocycles. The van der Waals surface area contributed by atoms with Crippen LogP contribution in [0.5, 0.6) is 0 Å². The predicted octanol–water partition coefficient (Wildman–Crippen LogP) is 1.95. The number of methoxy groups -OCH3 is 1. The van der Waals surface area contributed by atoms with Gasteiger partial charge in [-0.25, -0.2) is 4.79 Å². The molecule has 5 heteroatoms. The lowest BCUT2D eigenvalue weighted by molar-refractivity contribution is -0.166. The second-order valence-corrected chi connectivity index (χ2v) is 5.47. The van der Waals surface area contributed by atoms with Crippen molar-refractivity contribution in [2.45, 2.75) is 37.6 Å². The van der Waals surface area contributed by atoms with Gasteiger partial charge in [0.25, 0.3) is 0 Å². The second kappa shape index (κ2) is 5.85. The van der Waals surface area contributed by atoms with E-state index in [1.165, 1.54) is 7.11 Å². The molecule has 21 heavy (non-hydrogen) atoms. The normalized spacial score (nSPS) is 30.7. The third kappa shape index (κ3) is 2.78. The van der Waals surface area contributed by atoms with Crippen molar-refractivity contribution in [2.24, 2.45) is 5.92 Å². The molecular weight excluding hydrogens is 272 g/mol. The number of benzene rings is 1. The second-order valence-electron chi connectivity index (χ2n) is 5.47. The lowest BCUT2D eigenvalue weighted by atomic mass is 9.92. The third-order valence-corrected chi connectivity index (χ3v) is 4.18. The van der Waals surface area contributed by atoms with E-state index in [1.807, 2.05) is 6.07 Å². The van der Waals surface area contributed by atoms with Gasteiger partial charge in [-0.2, -0.15) is 0 Å². The molecule has 112 valence electrons. The Morgan fingerprint density at radius 2 is 1.95 bits per heavy atom. The molecule has 0 aliphatic carbocycles. The molecule has 0 N–H and O–H groups in total. The highest BCUT2D eigenvalue weighted by atomic mass is 16.6. The summed E-state index contributed by atoms with van der Waals surface area (Å²) in [6, 6.07) is 8.79. The fourth-order valence-electron chi connectivity index (χ4n) is 3.16. The first kappa shape index (κ1) is 14.1. The Balaban J connectivity index is 1.76. The first-order chi connectivity index (χ1) is 10.2. The van der Waals surface area contributed by atoms with Crippen LogP contribution in [0, 0.1) is 5.92 Å². The van der Waals surface area contributed by atoms with Gasteiger partial charge in [0, 0.05) is 6.42 Å². The minimum Gasteiger partial charge on any atom is -0.469 e. The minimum atomic E-state index is -0.526. The predicted molar refractivity (Wildman–Crippen MR) is 73.7 cm³/mol. The molecule has 0 radical (unpaired) electrons. The van der Waals surface area contributed by atoms with Gasteiger partial charge in [-0.15, -0.1) is 0 Å². The number of ether oxygens (including phenoxy) is 3. The summed E-state index contributed by atoms with van der Waals surface area (Å²) in [5.74, 6) is -1.30. The molecule has 0 spiro atoms. The summed E-state index contributed by atoms with van der Waals surface area (Å²) in [4.78, 5) is 24.2. The van der Waals surface area contributed by atoms with Crippen LogP contribution in [0.2, 0.25) is 0 Å². The van der Waals surface area contributed by atoms with Gasteiger partial charge in [-0.1, -0.05) is 18.2 Å². The molecule has 2 saturated heterocycles. The molecule has 3 rings (SSSR count). The topological polar surface area (TPSA) is 61.8 Å². The number of hydrogen-bond donors (Lipinski definition) is 0. The Bertz CT molecular complexity index is 527. The van der Waals surface area contributed by atoms with E-state index in [0.29, 0.717) is 12.0 Å². The highest BCUT2D eigenvalue weighted by Crippen LogP contribution is 2.38. The average molecular weight is 290 g/mol. The molecule has 2 fully saturated rings. The lowest BCUT2D eigenvalue weighted by Gasteiger charge is -2.34. The summed E-state index contributed by atoms with van der Waals surface area (Å²) in [6.45, 7) is 0. The molecule has 2 heterocycles. The monoisotopic (exact) mass is 290 g/mol. The van der Waals surface area contributed by atoms with Crippen LogP contribution in [0.1, 0.15) is 29.6 Å². The zero-order valence-electron chi connectivity index (χ0n) is 11.9. The maximum absolute atomic E-state index is 12.2. The van der Waals surface area contributed by atoms with Crippen LogP contribution in [0.25, 0.3) is 0 Å². The van der Waals surface area contributed by atoms with Crippen molar-refractivity contribution < 1.29 is 23.8 Å². The Kier molecular flexibility index (Phi) is 3.92. The number of fused-ring (bicyclic) bond motifs is 2. The molecule has 2 aliphatic rings. The van der Waals surface area contributed by atoms with Crippen LogP contribution in [0.15, 0.2) is 30.3 Å². The lowest BCUT2D eigenvalue weighted by Crippen LogP contribution is -2.46. The maximum atomic E-state index is 12.2. The number of carbonyl (C=O) groups is 2. The van der Waals surface area contributed by atoms with Gasteiger partial charge in [0.15, 0.2) is 0 Å². The molecule has 1 aromatic carbocycles. The summed E-state index contributed by atoms with van der Waals surface area (Å²) < 4.78 is 16.2. The van der Waals surface area contributed by atoms with Gasteiger partial charge in [-0.3, -0.25) is 4.79 Å². The molecule has 0 aromatic heterocycles. The zero-order chi connectivity index (χ0) is 14.8. The number of esters is 2. The van der Waals surface area contributed by atoms with E-state index in [1.54, 1.807) is 24.3 Å². The van der Waals surface area contributed by atoms with Crippen LogP contribution >= 0.6 is 0 Å². The van der Waals surface area contributed by atoms with E-state index in [2.05, 4.69) is 0 Å². The molecule has 2 unspecified atom stereocenters. The number of hydrogen-bond acceptors (Lipinski definition) is 5. The Labute approximate surface area is 123 Å². The highest BCUT2D eigenvalue weighted by Gasteiger charge is 2.49. The van der Waals surface area contributed by atoms with Gasteiger partial charge in [0.1, 0.15) is 12.0 Å². The standard InChI is InChI=1S/C16H18O5/c1-19-16(18)14-12-8-7-11(20-12)9-13(14)21-15(17)10-5-3-2-4-6-10/h2-6,11-14H,7-9H2,1H3/t11?,12?,13-,14+/m1/s1. The molecule has 1 aromatic rings. The van der Waals surface area contributed by atoms with Gasteiger partial charge in [0.2, 0.25) is 0 Å². The zero-order valence-corrected chi connectivity index (χ0v) is 11.9. The van der Waals surface area contributed by atoms with Gasteiger partial charge in [-0.05, 0) is 25.0 Å². The summed E-state index contributed by atoms with van der Waals surface area (Å²) in [5.41, 5.74) is 0.486. The molecule has 0 amide bonds. The van der Waals surface area contributed by atoms with E-state index in [0.717, 1.165) is 12.8 Å². The largest absolute Gasteiger partial charge is 0.469 e. The van der Waals surface area contributed by atoms with E-state index >= 15 is 0 Å². The smallest absolute Gasteiger partial charge is 0.338 e. The Hall–Kier alpha value is -1.88. The average Bonchev–Trinajstić information content (AvgIpc) is 2.89. The summed E-state index contributed by atoms with van der Waals surface area (Å²) in [5, 5.41) is 0. The van der Waals surface area contributed by atoms with Crippen LogP contribution in [-0.4, -0.2) is 37.4 Å². The van der Waals surface area contributed by atoms with Crippen molar-refractivity contribution in [3.05, 3.63) is 35.9 Å². The van der Waals surface area contributed by atoms with Crippen molar-refractivity contribution in [3.8, 4) is 0 Å². The van der Waals surface area contributed by atoms with Gasteiger partial charge >= 0.3 is 11.9 Å². The van der Waals surface area contributed by atoms with Gasteiger partial charge < -0.3 is 14.2 Å². The Morgan fingerprint density at radius 1 is 1.19 bits per heavy atom. The summed E-state index contributed by atoms with van der Waals surface area (Å²) in [6.07, 6.45) is 1.65. The molecule has 4 atom stereocenters. The fraction of sp³-hybridized carbons (Fsp3) is 0.500. The van der Waals surface area contributed by atoms with E-state index < -0.39 is 18.0 Å². The fourth-order valence-corrected chi connectivity index (χ4v) is 3.16. The van der Waals surface area contributed by atoms with Crippen LogP contribution in [0.4, 0.5) is 0 Å². The quantitative estimate of drug-likeness (QED) is 0.796. The van der Waals surface area contributed by atoms with Gasteiger partial charge in [0.05, 0.1) is 24.9 Å². The van der Waals surface area contributed by atoms with Crippen molar-refractivity contribution in [1.82, 2.24) is 0 Å². The third-order valence-electron chi connectivity index (χ3n) is 4.18. The molecule has 2 bridgehead atoms. The summed E-state index contributed by atoms with van der Waals surface area (Å²) >= 11 is 0. The Morgan fingerprint density at radius 3 is 2.67 bits per heavy atom. The number of carbonyl (C=O) groups excluding carboxylic acids is 2. The van der Waals surface area contributed by atoms with E-state index in [-0.39, 0.29) is 18.2 Å². The highest BCUT2D eigenvalue weighted by molar-refractivity contribution is 5.89. The maximum Gasteiger partial charge on any atom is 0.338 e. The van der Waals surface area contributed by atoms with E-state index in [9.17, 15) is 9.59 Å². The van der Waals surface area contributed by atoms with Crippen molar-refractivity contribution in [2.75, 3.05) is 7.11 Å². The minimum absolute atomic E-state index is 0.0736. The molecule has 0 saturated carbocycles. The first-order valence-electron chi connectivity index (χ1n) is 7.18. The van der Waals surface area contributed by atoms with Crippen molar-refractivity contribution >= 4 is 11.9 Å². The van der Waals surface area contributed by atoms with Crippen LogP contribution < -0.4 is 0 Å². The van der Waals surface area contributed by atoms with Crippen molar-refractivity contribution in [3.63, 3.8) is 0 Å². The molecule has 5 nitrogen and oxygen atoms in total. The number of rotatable bonds is 3.